The van der Waals surface area contributed by atoms with E-state index >= 15 is 0 Å². The van der Waals surface area contributed by atoms with E-state index in [2.05, 4.69) is 6.07 Å². The van der Waals surface area contributed by atoms with Gasteiger partial charge < -0.3 is 4.74 Å². The lowest BCUT2D eigenvalue weighted by Gasteiger charge is -2.09. The molecule has 0 fully saturated rings. The normalized spacial score (nSPS) is 9.50. The third-order valence-electron chi connectivity index (χ3n) is 2.32. The Bertz CT molecular complexity index is 540. The first-order valence-corrected chi connectivity index (χ1v) is 5.04. The van der Waals surface area contributed by atoms with Gasteiger partial charge in [-0.3, -0.25) is 0 Å². The molecule has 0 spiro atoms. The molecule has 2 nitrogen and oxygen atoms in total. The van der Waals surface area contributed by atoms with Gasteiger partial charge in [0, 0.05) is 0 Å². The first-order valence-electron chi connectivity index (χ1n) is 5.04. The van der Waals surface area contributed by atoms with Gasteiger partial charge in [-0.05, 0) is 30.7 Å². The number of nitrogens with zero attached hydrogens (tertiary/aromatic N) is 1. The smallest absolute Gasteiger partial charge is 0.145 e. The van der Waals surface area contributed by atoms with Gasteiger partial charge in [-0.25, -0.2) is 0 Å². The summed E-state index contributed by atoms with van der Waals surface area (Å²) >= 11 is 0. The molecule has 0 saturated heterocycles. The van der Waals surface area contributed by atoms with Crippen molar-refractivity contribution in [3.63, 3.8) is 0 Å². The Kier molecular flexibility index (Phi) is 2.88. The number of para-hydroxylation sites is 2. The van der Waals surface area contributed by atoms with Crippen LogP contribution in [0.3, 0.4) is 0 Å². The molecule has 0 aliphatic heterocycles. The van der Waals surface area contributed by atoms with E-state index in [0.29, 0.717) is 11.3 Å². The molecule has 78 valence electrons. The molecule has 0 bridgehead atoms. The SMILES string of the molecule is Cc1ccccc1Oc1ccccc1C#N. The standard InChI is InChI=1S/C14H11NO/c1-11-6-2-4-8-13(11)16-14-9-5-3-7-12(14)10-15/h2-9H,1H3. The minimum Gasteiger partial charge on any atom is -0.456 e. The van der Waals surface area contributed by atoms with Gasteiger partial charge in [0.05, 0.1) is 5.56 Å². The number of benzene rings is 2. The topological polar surface area (TPSA) is 33.0 Å². The van der Waals surface area contributed by atoms with Crippen molar-refractivity contribution in [1.29, 1.82) is 5.26 Å². The van der Waals surface area contributed by atoms with Crippen LogP contribution in [0.2, 0.25) is 0 Å². The summed E-state index contributed by atoms with van der Waals surface area (Å²) in [5.41, 5.74) is 1.60. The summed E-state index contributed by atoms with van der Waals surface area (Å²) in [4.78, 5) is 0. The average molecular weight is 209 g/mol. The van der Waals surface area contributed by atoms with Crippen LogP contribution in [0, 0.1) is 18.3 Å². The molecule has 0 N–H and O–H groups in total. The second-order valence-electron chi connectivity index (χ2n) is 3.48. The Morgan fingerprint density at radius 3 is 2.25 bits per heavy atom. The summed E-state index contributed by atoms with van der Waals surface area (Å²) in [7, 11) is 0. The molecule has 0 atom stereocenters. The highest BCUT2D eigenvalue weighted by Crippen LogP contribution is 2.26. The predicted octanol–water partition coefficient (Wildman–Crippen LogP) is 3.66. The Balaban J connectivity index is 2.35. The maximum absolute atomic E-state index is 8.94. The highest BCUT2D eigenvalue weighted by atomic mass is 16.5. The van der Waals surface area contributed by atoms with Crippen molar-refractivity contribution in [2.24, 2.45) is 0 Å². The molecule has 2 aromatic carbocycles. The average Bonchev–Trinajstić information content (AvgIpc) is 2.33. The zero-order valence-corrected chi connectivity index (χ0v) is 8.97. The van der Waals surface area contributed by atoms with Crippen LogP contribution >= 0.6 is 0 Å². The lowest BCUT2D eigenvalue weighted by atomic mass is 10.2. The molecule has 2 rings (SSSR count). The van der Waals surface area contributed by atoms with E-state index in [1.807, 2.05) is 43.3 Å². The maximum atomic E-state index is 8.94. The van der Waals surface area contributed by atoms with Crippen molar-refractivity contribution in [3.05, 3.63) is 59.7 Å². The summed E-state index contributed by atoms with van der Waals surface area (Å²) in [6, 6.07) is 17.1. The van der Waals surface area contributed by atoms with E-state index in [-0.39, 0.29) is 0 Å². The highest BCUT2D eigenvalue weighted by molar-refractivity contribution is 5.46. The minimum absolute atomic E-state index is 0.547. The molecule has 16 heavy (non-hydrogen) atoms. The van der Waals surface area contributed by atoms with Crippen molar-refractivity contribution in [1.82, 2.24) is 0 Å². The maximum Gasteiger partial charge on any atom is 0.145 e. The number of hydrogen-bond acceptors (Lipinski definition) is 2. The van der Waals surface area contributed by atoms with Crippen LogP contribution in [0.1, 0.15) is 11.1 Å². The molecule has 0 saturated carbocycles. The Morgan fingerprint density at radius 1 is 0.938 bits per heavy atom. The first kappa shape index (κ1) is 10.3. The Labute approximate surface area is 94.7 Å². The zero-order valence-electron chi connectivity index (χ0n) is 8.97. The molecular weight excluding hydrogens is 198 g/mol. The third-order valence-corrected chi connectivity index (χ3v) is 2.32. The lowest BCUT2D eigenvalue weighted by molar-refractivity contribution is 0.477. The van der Waals surface area contributed by atoms with Gasteiger partial charge in [0.25, 0.3) is 0 Å². The number of rotatable bonds is 2. The van der Waals surface area contributed by atoms with E-state index in [9.17, 15) is 0 Å². The van der Waals surface area contributed by atoms with Gasteiger partial charge in [0.15, 0.2) is 0 Å². The fraction of sp³-hybridized carbons (Fsp3) is 0.0714. The quantitative estimate of drug-likeness (QED) is 0.756. The minimum atomic E-state index is 0.547. The van der Waals surface area contributed by atoms with Gasteiger partial charge >= 0.3 is 0 Å². The van der Waals surface area contributed by atoms with Gasteiger partial charge in [0.1, 0.15) is 17.6 Å². The summed E-state index contributed by atoms with van der Waals surface area (Å²) in [6.45, 7) is 1.98. The van der Waals surface area contributed by atoms with Crippen LogP contribution < -0.4 is 4.74 Å². The highest BCUT2D eigenvalue weighted by Gasteiger charge is 2.04. The molecular formula is C14H11NO. The van der Waals surface area contributed by atoms with Gasteiger partial charge in [-0.1, -0.05) is 30.3 Å². The number of ether oxygens (including phenoxy) is 1. The Morgan fingerprint density at radius 2 is 1.56 bits per heavy atom. The molecule has 0 aromatic heterocycles. The molecule has 0 unspecified atom stereocenters. The predicted molar refractivity (Wildman–Crippen MR) is 62.4 cm³/mol. The second kappa shape index (κ2) is 4.50. The van der Waals surface area contributed by atoms with E-state index in [4.69, 9.17) is 10.00 Å². The van der Waals surface area contributed by atoms with E-state index in [0.717, 1.165) is 11.3 Å². The molecule has 0 amide bonds. The van der Waals surface area contributed by atoms with E-state index in [1.54, 1.807) is 12.1 Å². The van der Waals surface area contributed by atoms with Crippen LogP contribution in [0.5, 0.6) is 11.5 Å². The summed E-state index contributed by atoms with van der Waals surface area (Å²) in [5.74, 6) is 1.38. The molecule has 0 aliphatic rings. The lowest BCUT2D eigenvalue weighted by Crippen LogP contribution is -1.89. The molecule has 2 heteroatoms. The van der Waals surface area contributed by atoms with Crippen LogP contribution in [-0.4, -0.2) is 0 Å². The van der Waals surface area contributed by atoms with Crippen LogP contribution in [0.15, 0.2) is 48.5 Å². The van der Waals surface area contributed by atoms with Crippen LogP contribution in [0.25, 0.3) is 0 Å². The van der Waals surface area contributed by atoms with Crippen molar-refractivity contribution >= 4 is 0 Å². The number of nitriles is 1. The van der Waals surface area contributed by atoms with Crippen LogP contribution in [0.4, 0.5) is 0 Å². The van der Waals surface area contributed by atoms with E-state index < -0.39 is 0 Å². The van der Waals surface area contributed by atoms with Gasteiger partial charge in [-0.15, -0.1) is 0 Å². The van der Waals surface area contributed by atoms with Gasteiger partial charge in [0.2, 0.25) is 0 Å². The molecule has 0 heterocycles. The largest absolute Gasteiger partial charge is 0.456 e. The fourth-order valence-electron chi connectivity index (χ4n) is 1.44. The monoisotopic (exact) mass is 209 g/mol. The van der Waals surface area contributed by atoms with Crippen LogP contribution in [-0.2, 0) is 0 Å². The van der Waals surface area contributed by atoms with Crippen molar-refractivity contribution in [3.8, 4) is 17.6 Å². The fourth-order valence-corrected chi connectivity index (χ4v) is 1.44. The third kappa shape index (κ3) is 2.04. The van der Waals surface area contributed by atoms with Crippen molar-refractivity contribution < 1.29 is 4.74 Å². The number of aryl methyl sites for hydroxylation is 1. The first-order chi connectivity index (χ1) is 7.81. The second-order valence-corrected chi connectivity index (χ2v) is 3.48. The van der Waals surface area contributed by atoms with Crippen molar-refractivity contribution in [2.75, 3.05) is 0 Å². The summed E-state index contributed by atoms with van der Waals surface area (Å²) in [5, 5.41) is 8.94. The Hall–Kier alpha value is -2.27. The molecule has 0 radical (unpaired) electrons. The van der Waals surface area contributed by atoms with E-state index in [1.165, 1.54) is 0 Å². The van der Waals surface area contributed by atoms with Crippen molar-refractivity contribution in [2.45, 2.75) is 6.92 Å². The van der Waals surface area contributed by atoms with Gasteiger partial charge in [-0.2, -0.15) is 5.26 Å². The summed E-state index contributed by atoms with van der Waals surface area (Å²) in [6.07, 6.45) is 0. The number of hydrogen-bond donors (Lipinski definition) is 0. The summed E-state index contributed by atoms with van der Waals surface area (Å²) < 4.78 is 5.71. The molecule has 0 aliphatic carbocycles. The zero-order chi connectivity index (χ0) is 11.4. The molecule has 2 aromatic rings.